The van der Waals surface area contributed by atoms with Crippen molar-refractivity contribution in [2.75, 3.05) is 5.32 Å². The molecular formula is C17H15Cl2NO. The van der Waals surface area contributed by atoms with Gasteiger partial charge < -0.3 is 9.73 Å². The molecule has 0 bridgehead atoms. The van der Waals surface area contributed by atoms with Crippen molar-refractivity contribution in [3.63, 3.8) is 0 Å². The zero-order valence-electron chi connectivity index (χ0n) is 11.6. The molecular weight excluding hydrogens is 305 g/mol. The van der Waals surface area contributed by atoms with Crippen molar-refractivity contribution < 1.29 is 4.42 Å². The predicted octanol–water partition coefficient (Wildman–Crippen LogP) is 5.91. The summed E-state index contributed by atoms with van der Waals surface area (Å²) in [5.74, 6) is 1.01. The highest BCUT2D eigenvalue weighted by Gasteiger charge is 2.12. The average Bonchev–Trinajstić information content (AvgIpc) is 2.84. The van der Waals surface area contributed by atoms with E-state index in [-0.39, 0.29) is 0 Å². The average molecular weight is 320 g/mol. The van der Waals surface area contributed by atoms with Gasteiger partial charge in [-0.05, 0) is 24.3 Å². The van der Waals surface area contributed by atoms with Gasteiger partial charge in [0.15, 0.2) is 0 Å². The molecule has 0 radical (unpaired) electrons. The Morgan fingerprint density at radius 1 is 1.10 bits per heavy atom. The van der Waals surface area contributed by atoms with E-state index in [1.54, 1.807) is 6.07 Å². The second-order valence-electron chi connectivity index (χ2n) is 4.83. The lowest BCUT2D eigenvalue weighted by Gasteiger charge is -2.09. The first-order valence-electron chi connectivity index (χ1n) is 6.87. The van der Waals surface area contributed by atoms with E-state index < -0.39 is 0 Å². The smallest absolute Gasteiger partial charge is 0.134 e. The van der Waals surface area contributed by atoms with Gasteiger partial charge in [-0.15, -0.1) is 0 Å². The lowest BCUT2D eigenvalue weighted by molar-refractivity contribution is 0.551. The first kappa shape index (κ1) is 14.3. The van der Waals surface area contributed by atoms with Crippen LogP contribution in [0.3, 0.4) is 0 Å². The second-order valence-corrected chi connectivity index (χ2v) is 5.67. The Hall–Kier alpha value is -1.64. The summed E-state index contributed by atoms with van der Waals surface area (Å²) in [4.78, 5) is 0. The van der Waals surface area contributed by atoms with Crippen molar-refractivity contribution in [1.82, 2.24) is 0 Å². The number of nitrogens with one attached hydrogen (secondary N) is 1. The summed E-state index contributed by atoms with van der Waals surface area (Å²) in [7, 11) is 0. The lowest BCUT2D eigenvalue weighted by atomic mass is 10.1. The summed E-state index contributed by atoms with van der Waals surface area (Å²) in [6.07, 6.45) is 0.861. The van der Waals surface area contributed by atoms with Crippen LogP contribution in [0.2, 0.25) is 10.0 Å². The molecule has 0 atom stereocenters. The molecule has 0 aliphatic carbocycles. The van der Waals surface area contributed by atoms with Crippen LogP contribution in [0.15, 0.2) is 46.9 Å². The van der Waals surface area contributed by atoms with Crippen molar-refractivity contribution >= 4 is 39.9 Å². The van der Waals surface area contributed by atoms with Gasteiger partial charge in [-0.1, -0.05) is 48.3 Å². The Morgan fingerprint density at radius 2 is 1.90 bits per heavy atom. The van der Waals surface area contributed by atoms with Crippen LogP contribution in [0.25, 0.3) is 11.0 Å². The second kappa shape index (κ2) is 6.00. The molecule has 1 N–H and O–H groups in total. The number of aryl methyl sites for hydroxylation is 1. The summed E-state index contributed by atoms with van der Waals surface area (Å²) in [6.45, 7) is 2.76. The summed E-state index contributed by atoms with van der Waals surface area (Å²) in [5, 5.41) is 5.76. The van der Waals surface area contributed by atoms with Crippen LogP contribution in [-0.2, 0) is 13.0 Å². The third-order valence-corrected chi connectivity index (χ3v) is 4.04. The fourth-order valence-electron chi connectivity index (χ4n) is 2.45. The molecule has 3 aromatic rings. The van der Waals surface area contributed by atoms with Crippen LogP contribution >= 0.6 is 23.2 Å². The molecule has 4 heteroatoms. The Balaban J connectivity index is 1.91. The number of para-hydroxylation sites is 1. The van der Waals surface area contributed by atoms with Crippen molar-refractivity contribution in [2.24, 2.45) is 0 Å². The van der Waals surface area contributed by atoms with Gasteiger partial charge in [0.2, 0.25) is 0 Å². The zero-order valence-corrected chi connectivity index (χ0v) is 13.1. The van der Waals surface area contributed by atoms with Gasteiger partial charge in [0.1, 0.15) is 11.3 Å². The number of benzene rings is 2. The predicted molar refractivity (Wildman–Crippen MR) is 89.4 cm³/mol. The molecule has 2 aromatic carbocycles. The quantitative estimate of drug-likeness (QED) is 0.646. The molecule has 2 nitrogen and oxygen atoms in total. The number of fused-ring (bicyclic) bond motifs is 1. The van der Waals surface area contributed by atoms with E-state index in [0.717, 1.165) is 28.8 Å². The van der Waals surface area contributed by atoms with Crippen molar-refractivity contribution in [1.29, 1.82) is 0 Å². The molecule has 108 valence electrons. The fraction of sp³-hybridized carbons (Fsp3) is 0.176. The van der Waals surface area contributed by atoms with E-state index in [0.29, 0.717) is 16.6 Å². The minimum absolute atomic E-state index is 0.619. The normalized spacial score (nSPS) is 11.0. The molecule has 0 saturated heterocycles. The number of halogens is 2. The van der Waals surface area contributed by atoms with E-state index >= 15 is 0 Å². The monoisotopic (exact) mass is 319 g/mol. The lowest BCUT2D eigenvalue weighted by Crippen LogP contribution is -2.01. The van der Waals surface area contributed by atoms with E-state index in [2.05, 4.69) is 18.3 Å². The number of hydrogen-bond acceptors (Lipinski definition) is 2. The summed E-state index contributed by atoms with van der Waals surface area (Å²) < 4.78 is 5.89. The van der Waals surface area contributed by atoms with Gasteiger partial charge in [-0.2, -0.15) is 0 Å². The third kappa shape index (κ3) is 2.87. The van der Waals surface area contributed by atoms with Crippen molar-refractivity contribution in [3.05, 3.63) is 63.8 Å². The SMILES string of the molecule is CCc1oc2ccccc2c1CNc1ccc(Cl)cc1Cl. The number of furan rings is 1. The van der Waals surface area contributed by atoms with Gasteiger partial charge in [-0.25, -0.2) is 0 Å². The molecule has 0 saturated carbocycles. The summed E-state index contributed by atoms with van der Waals surface area (Å²) in [6, 6.07) is 13.5. The van der Waals surface area contributed by atoms with Gasteiger partial charge in [0.05, 0.1) is 10.7 Å². The summed E-state index contributed by atoms with van der Waals surface area (Å²) in [5.41, 5.74) is 2.97. The minimum atomic E-state index is 0.619. The third-order valence-electron chi connectivity index (χ3n) is 3.49. The number of rotatable bonds is 4. The molecule has 0 amide bonds. The standard InChI is InChI=1S/C17H15Cl2NO/c1-2-16-13(12-5-3-4-6-17(12)21-16)10-20-15-8-7-11(18)9-14(15)19/h3-9,20H,2,10H2,1H3. The van der Waals surface area contributed by atoms with E-state index in [4.69, 9.17) is 27.6 Å². The molecule has 0 spiro atoms. The Morgan fingerprint density at radius 3 is 2.67 bits per heavy atom. The Bertz CT molecular complexity index is 780. The Labute approximate surface area is 133 Å². The van der Waals surface area contributed by atoms with Gasteiger partial charge >= 0.3 is 0 Å². The maximum atomic E-state index is 6.19. The molecule has 1 aromatic heterocycles. The number of hydrogen-bond donors (Lipinski definition) is 1. The van der Waals surface area contributed by atoms with Crippen LogP contribution in [-0.4, -0.2) is 0 Å². The highest BCUT2D eigenvalue weighted by atomic mass is 35.5. The highest BCUT2D eigenvalue weighted by Crippen LogP contribution is 2.29. The maximum Gasteiger partial charge on any atom is 0.134 e. The maximum absolute atomic E-state index is 6.19. The molecule has 3 rings (SSSR count). The van der Waals surface area contributed by atoms with Crippen LogP contribution in [0.4, 0.5) is 5.69 Å². The molecule has 21 heavy (non-hydrogen) atoms. The van der Waals surface area contributed by atoms with E-state index in [9.17, 15) is 0 Å². The van der Waals surface area contributed by atoms with Crippen LogP contribution in [0.5, 0.6) is 0 Å². The molecule has 0 aliphatic rings. The van der Waals surface area contributed by atoms with Gasteiger partial charge in [0.25, 0.3) is 0 Å². The highest BCUT2D eigenvalue weighted by molar-refractivity contribution is 6.36. The molecule has 0 unspecified atom stereocenters. The zero-order chi connectivity index (χ0) is 14.8. The fourth-order valence-corrected chi connectivity index (χ4v) is 2.92. The summed E-state index contributed by atoms with van der Waals surface area (Å²) >= 11 is 12.1. The first-order chi connectivity index (χ1) is 10.2. The van der Waals surface area contributed by atoms with E-state index in [1.807, 2.05) is 30.3 Å². The molecule has 1 heterocycles. The van der Waals surface area contributed by atoms with Crippen molar-refractivity contribution in [2.45, 2.75) is 19.9 Å². The van der Waals surface area contributed by atoms with Gasteiger partial charge in [0, 0.05) is 28.9 Å². The number of anilines is 1. The van der Waals surface area contributed by atoms with Crippen LogP contribution in [0.1, 0.15) is 18.2 Å². The van der Waals surface area contributed by atoms with E-state index in [1.165, 1.54) is 5.56 Å². The van der Waals surface area contributed by atoms with Crippen LogP contribution in [0, 0.1) is 0 Å². The van der Waals surface area contributed by atoms with Crippen LogP contribution < -0.4 is 5.32 Å². The molecule has 0 fully saturated rings. The Kier molecular flexibility index (Phi) is 4.09. The minimum Gasteiger partial charge on any atom is -0.461 e. The topological polar surface area (TPSA) is 25.2 Å². The largest absolute Gasteiger partial charge is 0.461 e. The van der Waals surface area contributed by atoms with Crippen molar-refractivity contribution in [3.8, 4) is 0 Å². The first-order valence-corrected chi connectivity index (χ1v) is 7.63. The molecule has 0 aliphatic heterocycles. The van der Waals surface area contributed by atoms with Gasteiger partial charge in [-0.3, -0.25) is 0 Å².